The lowest BCUT2D eigenvalue weighted by Crippen LogP contribution is -2.41. The van der Waals surface area contributed by atoms with Crippen LogP contribution in [0.5, 0.6) is 11.5 Å². The first-order valence-electron chi connectivity index (χ1n) is 10.0. The van der Waals surface area contributed by atoms with Crippen LogP contribution in [-0.4, -0.2) is 41.0 Å². The van der Waals surface area contributed by atoms with Gasteiger partial charge in [0.05, 0.1) is 5.92 Å². The summed E-state index contributed by atoms with van der Waals surface area (Å²) in [6, 6.07) is 13.2. The molecule has 0 aliphatic carbocycles. The highest BCUT2D eigenvalue weighted by Gasteiger charge is 2.29. The van der Waals surface area contributed by atoms with Crippen molar-refractivity contribution in [3.05, 3.63) is 53.9 Å². The van der Waals surface area contributed by atoms with Crippen molar-refractivity contribution >= 4 is 11.7 Å². The Bertz CT molecular complexity index is 1080. The second kappa shape index (κ2) is 7.70. The van der Waals surface area contributed by atoms with Crippen molar-refractivity contribution in [3.63, 3.8) is 0 Å². The molecular formula is C22H22N4O4. The minimum absolute atomic E-state index is 0.0114. The molecule has 3 aromatic rings. The molecule has 5 rings (SSSR count). The molecule has 0 radical (unpaired) electrons. The number of carbonyl (C=O) groups is 1. The standard InChI is InChI=1S/C22H22N4O4/c1-14-4-2-6-17(10-14)23-22(27)26-9-3-5-16(12-26)21-25-24-20(30-21)15-7-8-18-19(11-15)29-13-28-18/h2,4,6-8,10-11,16H,3,5,9,12-13H2,1H3,(H,23,27)/t16-/m1/s1. The number of aryl methyl sites for hydroxylation is 1. The number of urea groups is 1. The number of piperidine rings is 1. The van der Waals surface area contributed by atoms with E-state index < -0.39 is 0 Å². The molecule has 2 aliphatic heterocycles. The molecule has 1 fully saturated rings. The van der Waals surface area contributed by atoms with Crippen molar-refractivity contribution in [3.8, 4) is 23.0 Å². The summed E-state index contributed by atoms with van der Waals surface area (Å²) in [6.45, 7) is 3.47. The summed E-state index contributed by atoms with van der Waals surface area (Å²) < 4.78 is 16.7. The molecule has 0 bridgehead atoms. The molecule has 0 saturated carbocycles. The van der Waals surface area contributed by atoms with E-state index in [0.29, 0.717) is 36.4 Å². The number of nitrogens with zero attached hydrogens (tertiary/aromatic N) is 3. The third-order valence-corrected chi connectivity index (χ3v) is 5.39. The van der Waals surface area contributed by atoms with E-state index >= 15 is 0 Å². The molecule has 0 spiro atoms. The maximum absolute atomic E-state index is 12.7. The Balaban J connectivity index is 1.28. The molecule has 2 amide bonds. The molecule has 3 heterocycles. The van der Waals surface area contributed by atoms with E-state index in [0.717, 1.165) is 29.7 Å². The normalized spacial score (nSPS) is 17.8. The fourth-order valence-electron chi connectivity index (χ4n) is 3.83. The summed E-state index contributed by atoms with van der Waals surface area (Å²) in [7, 11) is 0. The van der Waals surface area contributed by atoms with E-state index in [4.69, 9.17) is 13.9 Å². The second-order valence-corrected chi connectivity index (χ2v) is 7.60. The molecule has 2 aromatic carbocycles. The van der Waals surface area contributed by atoms with Gasteiger partial charge in [0.1, 0.15) is 0 Å². The number of ether oxygens (including phenoxy) is 2. The highest BCUT2D eigenvalue weighted by Crippen LogP contribution is 2.36. The number of carbonyl (C=O) groups excluding carboxylic acids is 1. The van der Waals surface area contributed by atoms with Crippen molar-refractivity contribution in [1.29, 1.82) is 0 Å². The van der Waals surface area contributed by atoms with Crippen LogP contribution in [0.2, 0.25) is 0 Å². The van der Waals surface area contributed by atoms with Crippen molar-refractivity contribution in [1.82, 2.24) is 15.1 Å². The maximum atomic E-state index is 12.7. The number of hydrogen-bond acceptors (Lipinski definition) is 6. The average molecular weight is 406 g/mol. The molecule has 154 valence electrons. The number of hydrogen-bond donors (Lipinski definition) is 1. The number of amides is 2. The van der Waals surface area contributed by atoms with Gasteiger partial charge in [-0.25, -0.2) is 4.79 Å². The Labute approximate surface area is 173 Å². The number of nitrogens with one attached hydrogen (secondary N) is 1. The van der Waals surface area contributed by atoms with E-state index in [9.17, 15) is 4.79 Å². The lowest BCUT2D eigenvalue weighted by atomic mass is 9.98. The van der Waals surface area contributed by atoms with Gasteiger partial charge in [-0.3, -0.25) is 0 Å². The van der Waals surface area contributed by atoms with Gasteiger partial charge in [0.15, 0.2) is 11.5 Å². The zero-order valence-corrected chi connectivity index (χ0v) is 16.6. The van der Waals surface area contributed by atoms with Crippen LogP contribution in [0, 0.1) is 6.92 Å². The monoisotopic (exact) mass is 406 g/mol. The van der Waals surface area contributed by atoms with Gasteiger partial charge in [-0.15, -0.1) is 10.2 Å². The summed E-state index contributed by atoms with van der Waals surface area (Å²) in [4.78, 5) is 14.5. The molecule has 8 nitrogen and oxygen atoms in total. The van der Waals surface area contributed by atoms with Crippen LogP contribution in [0.4, 0.5) is 10.5 Å². The van der Waals surface area contributed by atoms with Crippen LogP contribution < -0.4 is 14.8 Å². The van der Waals surface area contributed by atoms with Crippen molar-refractivity contribution < 1.29 is 18.7 Å². The smallest absolute Gasteiger partial charge is 0.321 e. The Morgan fingerprint density at radius 1 is 1.13 bits per heavy atom. The molecule has 8 heteroatoms. The Kier molecular flexibility index (Phi) is 4.74. The van der Waals surface area contributed by atoms with E-state index in [1.54, 1.807) is 4.90 Å². The number of anilines is 1. The number of likely N-dealkylation sites (tertiary alicyclic amines) is 1. The largest absolute Gasteiger partial charge is 0.454 e. The van der Waals surface area contributed by atoms with Gasteiger partial charge in [0.2, 0.25) is 18.6 Å². The molecule has 30 heavy (non-hydrogen) atoms. The predicted octanol–water partition coefficient (Wildman–Crippen LogP) is 4.19. The summed E-state index contributed by atoms with van der Waals surface area (Å²) in [5, 5.41) is 11.4. The Morgan fingerprint density at radius 3 is 2.93 bits per heavy atom. The molecule has 1 N–H and O–H groups in total. The van der Waals surface area contributed by atoms with Gasteiger partial charge in [-0.1, -0.05) is 12.1 Å². The third kappa shape index (κ3) is 3.68. The highest BCUT2D eigenvalue weighted by atomic mass is 16.7. The van der Waals surface area contributed by atoms with Crippen molar-refractivity contribution in [2.75, 3.05) is 25.2 Å². The first-order valence-corrected chi connectivity index (χ1v) is 10.0. The van der Waals surface area contributed by atoms with Gasteiger partial charge in [0.25, 0.3) is 0 Å². The molecule has 1 saturated heterocycles. The quantitative estimate of drug-likeness (QED) is 0.702. The summed E-state index contributed by atoms with van der Waals surface area (Å²) >= 11 is 0. The maximum Gasteiger partial charge on any atom is 0.321 e. The Morgan fingerprint density at radius 2 is 2.03 bits per heavy atom. The first-order chi connectivity index (χ1) is 14.7. The molecule has 0 unspecified atom stereocenters. The Hall–Kier alpha value is -3.55. The fourth-order valence-corrected chi connectivity index (χ4v) is 3.83. The molecular weight excluding hydrogens is 384 g/mol. The van der Waals surface area contributed by atoms with Crippen LogP contribution in [0.3, 0.4) is 0 Å². The first kappa shape index (κ1) is 18.5. The van der Waals surface area contributed by atoms with Gasteiger partial charge < -0.3 is 24.1 Å². The van der Waals surface area contributed by atoms with E-state index in [-0.39, 0.29) is 18.7 Å². The van der Waals surface area contributed by atoms with Gasteiger partial charge in [0, 0.05) is 24.3 Å². The molecule has 1 aromatic heterocycles. The lowest BCUT2D eigenvalue weighted by Gasteiger charge is -2.31. The van der Waals surface area contributed by atoms with Gasteiger partial charge in [-0.05, 0) is 55.7 Å². The number of fused-ring (bicyclic) bond motifs is 1. The minimum Gasteiger partial charge on any atom is -0.454 e. The summed E-state index contributed by atoms with van der Waals surface area (Å²) in [5.41, 5.74) is 2.68. The van der Waals surface area contributed by atoms with Crippen molar-refractivity contribution in [2.24, 2.45) is 0 Å². The van der Waals surface area contributed by atoms with E-state index in [1.807, 2.05) is 49.4 Å². The fraction of sp³-hybridized carbons (Fsp3) is 0.318. The van der Waals surface area contributed by atoms with E-state index in [2.05, 4.69) is 15.5 Å². The zero-order valence-electron chi connectivity index (χ0n) is 16.6. The molecule has 2 aliphatic rings. The van der Waals surface area contributed by atoms with Crippen LogP contribution in [0.15, 0.2) is 46.9 Å². The van der Waals surface area contributed by atoms with E-state index in [1.165, 1.54) is 0 Å². The highest BCUT2D eigenvalue weighted by molar-refractivity contribution is 5.89. The van der Waals surface area contributed by atoms with Gasteiger partial charge >= 0.3 is 6.03 Å². The van der Waals surface area contributed by atoms with Crippen LogP contribution in [0.1, 0.15) is 30.2 Å². The second-order valence-electron chi connectivity index (χ2n) is 7.60. The van der Waals surface area contributed by atoms with Crippen LogP contribution in [-0.2, 0) is 0 Å². The topological polar surface area (TPSA) is 89.7 Å². The number of rotatable bonds is 3. The SMILES string of the molecule is Cc1cccc(NC(=O)N2CCC[C@@H](c3nnc(-c4ccc5c(c4)OCO5)o3)C2)c1. The summed E-state index contributed by atoms with van der Waals surface area (Å²) in [5.74, 6) is 2.38. The average Bonchev–Trinajstić information content (AvgIpc) is 3.43. The zero-order chi connectivity index (χ0) is 20.5. The van der Waals surface area contributed by atoms with Crippen LogP contribution in [0.25, 0.3) is 11.5 Å². The third-order valence-electron chi connectivity index (χ3n) is 5.39. The van der Waals surface area contributed by atoms with Crippen molar-refractivity contribution in [2.45, 2.75) is 25.7 Å². The number of benzene rings is 2. The number of aromatic nitrogens is 2. The van der Waals surface area contributed by atoms with Crippen LogP contribution >= 0.6 is 0 Å². The minimum atomic E-state index is -0.110. The predicted molar refractivity (Wildman–Crippen MR) is 110 cm³/mol. The summed E-state index contributed by atoms with van der Waals surface area (Å²) in [6.07, 6.45) is 1.78. The van der Waals surface area contributed by atoms with Gasteiger partial charge in [-0.2, -0.15) is 0 Å². The molecule has 1 atom stereocenters. The lowest BCUT2D eigenvalue weighted by molar-refractivity contribution is 0.174.